The van der Waals surface area contributed by atoms with E-state index in [2.05, 4.69) is 79.9 Å². The smallest absolute Gasteiger partial charge is 0.313 e. The number of unbranched alkanes of at least 4 members (excludes halogenated alkanes) is 20. The lowest BCUT2D eigenvalue weighted by Crippen LogP contribution is -2.69. The van der Waals surface area contributed by atoms with Gasteiger partial charge in [-0.1, -0.05) is 142 Å². The van der Waals surface area contributed by atoms with Crippen molar-refractivity contribution in [2.24, 2.45) is 29.1 Å². The Morgan fingerprint density at radius 1 is 0.516 bits per heavy atom. The molecule has 2 fully saturated rings. The number of ether oxygens (including phenoxy) is 2. The van der Waals surface area contributed by atoms with Gasteiger partial charge >= 0.3 is 23.9 Å². The summed E-state index contributed by atoms with van der Waals surface area (Å²) in [4.78, 5) is 57.0. The van der Waals surface area contributed by atoms with E-state index in [1.165, 1.54) is 89.9 Å². The van der Waals surface area contributed by atoms with Crippen LogP contribution in [0.2, 0.25) is 0 Å². The van der Waals surface area contributed by atoms with E-state index in [0.29, 0.717) is 38.5 Å². The Balaban J connectivity index is 2.54. The Kier molecular flexibility index (Phi) is 24.6. The van der Waals surface area contributed by atoms with Gasteiger partial charge in [-0.25, -0.2) is 0 Å². The molecule has 2 atom stereocenters. The quantitative estimate of drug-likeness (QED) is 0.0370. The molecule has 4 N–H and O–H groups in total. The van der Waals surface area contributed by atoms with Gasteiger partial charge in [0.1, 0.15) is 0 Å². The third kappa shape index (κ3) is 19.5. The standard InChI is InChI=1S/C52H96N2O8/c1-11-13-15-17-19-21-23-25-27-29-31-33-61-46(59)44(42(45(57)58)35-43(55)56)52(40-36-48(3,4)53-49(5,6)37-40,41-38-50(7,8)54-51(9,10)39-41)47(60)62-34-32-30-28-26-24-22-20-18-16-14-12-2/h40-42,44,53-54H,11-39H2,1-10H3,(H,55,56)(H,57,58). The molecule has 0 radical (unpaired) electrons. The molecule has 62 heavy (non-hydrogen) atoms. The summed E-state index contributed by atoms with van der Waals surface area (Å²) < 4.78 is 12.6. The first-order chi connectivity index (χ1) is 29.1. The average Bonchev–Trinajstić information content (AvgIpc) is 3.14. The number of rotatable bonds is 33. The lowest BCUT2D eigenvalue weighted by Gasteiger charge is -2.59. The van der Waals surface area contributed by atoms with Gasteiger partial charge in [0, 0.05) is 22.2 Å². The molecule has 2 unspecified atom stereocenters. The zero-order chi connectivity index (χ0) is 46.5. The third-order valence-corrected chi connectivity index (χ3v) is 13.9. The number of hydrogen-bond donors (Lipinski definition) is 4. The van der Waals surface area contributed by atoms with Crippen LogP contribution in [0.25, 0.3) is 0 Å². The van der Waals surface area contributed by atoms with Crippen molar-refractivity contribution < 1.29 is 38.9 Å². The maximum Gasteiger partial charge on any atom is 0.313 e. The van der Waals surface area contributed by atoms with Gasteiger partial charge < -0.3 is 30.3 Å². The Bertz CT molecular complexity index is 1260. The van der Waals surface area contributed by atoms with E-state index in [9.17, 15) is 19.8 Å². The summed E-state index contributed by atoms with van der Waals surface area (Å²) in [5.41, 5.74) is -3.62. The van der Waals surface area contributed by atoms with E-state index in [4.69, 9.17) is 9.47 Å². The summed E-state index contributed by atoms with van der Waals surface area (Å²) in [6.45, 7) is 21.4. The molecule has 0 aromatic rings. The molecule has 0 aromatic heterocycles. The first-order valence-corrected chi connectivity index (χ1v) is 25.5. The van der Waals surface area contributed by atoms with Crippen molar-refractivity contribution in [1.82, 2.24) is 10.6 Å². The second-order valence-electron chi connectivity index (χ2n) is 22.3. The van der Waals surface area contributed by atoms with Crippen LogP contribution in [-0.2, 0) is 28.7 Å². The number of carboxylic acid groups (broad SMARTS) is 2. The molecule has 2 aliphatic heterocycles. The summed E-state index contributed by atoms with van der Waals surface area (Å²) in [5, 5.41) is 28.8. The average molecular weight is 877 g/mol. The van der Waals surface area contributed by atoms with Gasteiger partial charge in [0.2, 0.25) is 0 Å². The normalized spacial score (nSPS) is 19.7. The largest absolute Gasteiger partial charge is 0.481 e. The van der Waals surface area contributed by atoms with Crippen LogP contribution >= 0.6 is 0 Å². The van der Waals surface area contributed by atoms with Crippen molar-refractivity contribution in [2.45, 2.75) is 265 Å². The van der Waals surface area contributed by atoms with Crippen LogP contribution in [0, 0.1) is 29.1 Å². The highest BCUT2D eigenvalue weighted by molar-refractivity contribution is 5.91. The summed E-state index contributed by atoms with van der Waals surface area (Å²) in [7, 11) is 0. The van der Waals surface area contributed by atoms with E-state index >= 15 is 9.59 Å². The van der Waals surface area contributed by atoms with Gasteiger partial charge in [-0.2, -0.15) is 0 Å². The number of carbonyl (C=O) groups is 4. The maximum atomic E-state index is 15.7. The molecule has 10 nitrogen and oxygen atoms in total. The second-order valence-corrected chi connectivity index (χ2v) is 22.3. The monoisotopic (exact) mass is 877 g/mol. The van der Waals surface area contributed by atoms with E-state index in [0.717, 1.165) is 38.5 Å². The lowest BCUT2D eigenvalue weighted by molar-refractivity contribution is -0.198. The minimum Gasteiger partial charge on any atom is -0.481 e. The van der Waals surface area contributed by atoms with Crippen molar-refractivity contribution in [3.8, 4) is 0 Å². The van der Waals surface area contributed by atoms with Crippen molar-refractivity contribution in [1.29, 1.82) is 0 Å². The number of piperidine rings is 2. The van der Waals surface area contributed by atoms with Crippen LogP contribution in [0.4, 0.5) is 0 Å². The van der Waals surface area contributed by atoms with E-state index in [1.807, 2.05) is 0 Å². The van der Waals surface area contributed by atoms with Crippen molar-refractivity contribution in [3.05, 3.63) is 0 Å². The molecule has 0 bridgehead atoms. The molecule has 0 aromatic carbocycles. The SMILES string of the molecule is CCCCCCCCCCCCCOC(=O)C(C(CC(=O)O)C(=O)O)C(C(=O)OCCCCCCCCCCCCC)(C1CC(C)(C)NC(C)(C)C1)C1CC(C)(C)NC(C)(C)C1. The van der Waals surface area contributed by atoms with Crippen LogP contribution in [0.5, 0.6) is 0 Å². The van der Waals surface area contributed by atoms with Gasteiger partial charge in [-0.3, -0.25) is 19.2 Å². The number of aliphatic carboxylic acids is 2. The molecule has 0 spiro atoms. The Morgan fingerprint density at radius 2 is 0.823 bits per heavy atom. The van der Waals surface area contributed by atoms with Crippen molar-refractivity contribution in [2.75, 3.05) is 13.2 Å². The number of nitrogens with one attached hydrogen (secondary N) is 2. The molecular weight excluding hydrogens is 781 g/mol. The summed E-state index contributed by atoms with van der Waals surface area (Å²) >= 11 is 0. The first-order valence-electron chi connectivity index (χ1n) is 25.5. The van der Waals surface area contributed by atoms with E-state index < -0.39 is 81.5 Å². The lowest BCUT2D eigenvalue weighted by atomic mass is 9.48. The molecule has 0 aliphatic carbocycles. The number of esters is 2. The minimum atomic E-state index is -1.70. The molecule has 0 amide bonds. The van der Waals surface area contributed by atoms with E-state index in [1.54, 1.807) is 0 Å². The number of carbonyl (C=O) groups excluding carboxylic acids is 2. The molecular formula is C52H96N2O8. The van der Waals surface area contributed by atoms with Crippen LogP contribution in [-0.4, -0.2) is 69.5 Å². The highest BCUT2D eigenvalue weighted by atomic mass is 16.5. The fraction of sp³-hybridized carbons (Fsp3) is 0.923. The Hall–Kier alpha value is -2.20. The number of carboxylic acids is 2. The van der Waals surface area contributed by atoms with Gasteiger partial charge in [-0.15, -0.1) is 0 Å². The molecule has 2 saturated heterocycles. The zero-order valence-electron chi connectivity index (χ0n) is 41.7. The highest BCUT2D eigenvalue weighted by Crippen LogP contribution is 2.59. The predicted octanol–water partition coefficient (Wildman–Crippen LogP) is 12.6. The van der Waals surface area contributed by atoms with Crippen LogP contribution in [0.1, 0.15) is 243 Å². The van der Waals surface area contributed by atoms with Crippen molar-refractivity contribution in [3.63, 3.8) is 0 Å². The molecule has 2 heterocycles. The summed E-state index contributed by atoms with van der Waals surface area (Å²) in [5.74, 6) is -8.40. The van der Waals surface area contributed by atoms with Crippen molar-refractivity contribution >= 4 is 23.9 Å². The molecule has 0 saturated carbocycles. The maximum absolute atomic E-state index is 15.7. The number of hydrogen-bond acceptors (Lipinski definition) is 8. The highest BCUT2D eigenvalue weighted by Gasteiger charge is 2.67. The minimum absolute atomic E-state index is 0.0854. The first kappa shape index (κ1) is 55.9. The Morgan fingerprint density at radius 3 is 1.13 bits per heavy atom. The predicted molar refractivity (Wildman–Crippen MR) is 252 cm³/mol. The second kappa shape index (κ2) is 27.3. The third-order valence-electron chi connectivity index (χ3n) is 13.9. The summed E-state index contributed by atoms with van der Waals surface area (Å²) in [6.07, 6.45) is 26.1. The van der Waals surface area contributed by atoms with Gasteiger partial charge in [0.05, 0.1) is 36.9 Å². The van der Waals surface area contributed by atoms with Gasteiger partial charge in [-0.05, 0) is 106 Å². The zero-order valence-corrected chi connectivity index (χ0v) is 41.7. The molecule has 362 valence electrons. The fourth-order valence-corrected chi connectivity index (χ4v) is 11.9. The molecule has 2 aliphatic rings. The van der Waals surface area contributed by atoms with Gasteiger partial charge in [0.15, 0.2) is 0 Å². The van der Waals surface area contributed by atoms with Crippen LogP contribution in [0.3, 0.4) is 0 Å². The summed E-state index contributed by atoms with van der Waals surface area (Å²) in [6, 6.07) is 0. The fourth-order valence-electron chi connectivity index (χ4n) is 11.9. The van der Waals surface area contributed by atoms with E-state index in [-0.39, 0.29) is 13.2 Å². The molecule has 2 rings (SSSR count). The van der Waals surface area contributed by atoms with Crippen LogP contribution in [0.15, 0.2) is 0 Å². The molecule has 10 heteroatoms. The van der Waals surface area contributed by atoms with Crippen LogP contribution < -0.4 is 10.6 Å². The van der Waals surface area contributed by atoms with Gasteiger partial charge in [0.25, 0.3) is 0 Å². The Labute approximate surface area is 379 Å². The topological polar surface area (TPSA) is 151 Å².